The van der Waals surface area contributed by atoms with Crippen LogP contribution in [0.4, 0.5) is 0 Å². The first-order chi connectivity index (χ1) is 9.55. The Morgan fingerprint density at radius 1 is 1.45 bits per heavy atom. The maximum absolute atomic E-state index is 11.7. The Balaban J connectivity index is 1.89. The minimum absolute atomic E-state index is 0.0153. The monoisotopic (exact) mass is 285 g/mol. The van der Waals surface area contributed by atoms with E-state index in [2.05, 4.69) is 5.32 Å². The maximum atomic E-state index is 11.7. The maximum Gasteiger partial charge on any atom is 0.324 e. The molecule has 0 amide bonds. The lowest BCUT2D eigenvalue weighted by Gasteiger charge is -2.39. The van der Waals surface area contributed by atoms with Crippen molar-refractivity contribution in [1.29, 1.82) is 0 Å². The quantitative estimate of drug-likeness (QED) is 0.713. The van der Waals surface area contributed by atoms with Crippen molar-refractivity contribution in [3.63, 3.8) is 0 Å². The van der Waals surface area contributed by atoms with E-state index in [1.807, 2.05) is 13.8 Å². The van der Waals surface area contributed by atoms with E-state index in [0.29, 0.717) is 32.1 Å². The van der Waals surface area contributed by atoms with Gasteiger partial charge in [0.25, 0.3) is 0 Å². The summed E-state index contributed by atoms with van der Waals surface area (Å²) in [4.78, 5) is 11.7. The standard InChI is InChI=1S/C15H27NO4/c1-3-19-10-11(2)20-13-5-4-8-15(9-13,14(17)18)16-12-6-7-12/h11-13,16H,3-10H2,1-2H3,(H,17,18). The zero-order chi connectivity index (χ0) is 14.6. The van der Waals surface area contributed by atoms with Crippen LogP contribution in [0.5, 0.6) is 0 Å². The zero-order valence-corrected chi connectivity index (χ0v) is 12.6. The van der Waals surface area contributed by atoms with E-state index in [-0.39, 0.29) is 12.2 Å². The van der Waals surface area contributed by atoms with Crippen molar-refractivity contribution in [2.45, 2.75) is 76.2 Å². The summed E-state index contributed by atoms with van der Waals surface area (Å²) in [5.74, 6) is -0.727. The number of carbonyl (C=O) groups is 1. The lowest BCUT2D eigenvalue weighted by molar-refractivity contribution is -0.151. The first-order valence-corrected chi connectivity index (χ1v) is 7.80. The van der Waals surface area contributed by atoms with E-state index in [9.17, 15) is 9.90 Å². The van der Waals surface area contributed by atoms with Crippen LogP contribution in [-0.2, 0) is 14.3 Å². The fourth-order valence-corrected chi connectivity index (χ4v) is 3.00. The van der Waals surface area contributed by atoms with Gasteiger partial charge in [0, 0.05) is 19.1 Å². The molecule has 3 atom stereocenters. The van der Waals surface area contributed by atoms with Gasteiger partial charge in [-0.25, -0.2) is 0 Å². The second-order valence-corrected chi connectivity index (χ2v) is 6.13. The molecular weight excluding hydrogens is 258 g/mol. The number of hydrogen-bond donors (Lipinski definition) is 2. The third-order valence-corrected chi connectivity index (χ3v) is 4.15. The number of carboxylic acids is 1. The number of nitrogens with one attached hydrogen (secondary N) is 1. The molecule has 0 bridgehead atoms. The largest absolute Gasteiger partial charge is 0.480 e. The molecule has 0 spiro atoms. The van der Waals surface area contributed by atoms with Crippen LogP contribution in [0.15, 0.2) is 0 Å². The van der Waals surface area contributed by atoms with E-state index in [4.69, 9.17) is 9.47 Å². The van der Waals surface area contributed by atoms with Gasteiger partial charge in [0.2, 0.25) is 0 Å². The van der Waals surface area contributed by atoms with Crippen molar-refractivity contribution in [1.82, 2.24) is 5.32 Å². The first-order valence-electron chi connectivity index (χ1n) is 7.80. The predicted molar refractivity (Wildman–Crippen MR) is 75.8 cm³/mol. The van der Waals surface area contributed by atoms with Crippen LogP contribution in [-0.4, -0.2) is 48.1 Å². The van der Waals surface area contributed by atoms with Gasteiger partial charge in [0.1, 0.15) is 5.54 Å². The van der Waals surface area contributed by atoms with Gasteiger partial charge in [-0.05, 0) is 46.0 Å². The third kappa shape index (κ3) is 4.17. The molecule has 0 aromatic heterocycles. The Hall–Kier alpha value is -0.650. The van der Waals surface area contributed by atoms with E-state index >= 15 is 0 Å². The number of aliphatic carboxylic acids is 1. The summed E-state index contributed by atoms with van der Waals surface area (Å²) in [5, 5.41) is 13.0. The SMILES string of the molecule is CCOCC(C)OC1CCCC(NC2CC2)(C(=O)O)C1. The summed E-state index contributed by atoms with van der Waals surface area (Å²) in [5.41, 5.74) is -0.782. The normalized spacial score (nSPS) is 32.0. The number of rotatable bonds is 8. The van der Waals surface area contributed by atoms with Gasteiger partial charge in [-0.1, -0.05) is 0 Å². The van der Waals surface area contributed by atoms with Crippen molar-refractivity contribution in [2.75, 3.05) is 13.2 Å². The average Bonchev–Trinajstić information content (AvgIpc) is 3.20. The molecular formula is C15H27NO4. The van der Waals surface area contributed by atoms with Crippen molar-refractivity contribution in [2.24, 2.45) is 0 Å². The highest BCUT2D eigenvalue weighted by molar-refractivity contribution is 5.79. The molecule has 2 fully saturated rings. The summed E-state index contributed by atoms with van der Waals surface area (Å²) in [6.07, 6.45) is 5.35. The second-order valence-electron chi connectivity index (χ2n) is 6.13. The van der Waals surface area contributed by atoms with Gasteiger partial charge in [-0.15, -0.1) is 0 Å². The molecule has 116 valence electrons. The fraction of sp³-hybridized carbons (Fsp3) is 0.933. The average molecular weight is 285 g/mol. The fourth-order valence-electron chi connectivity index (χ4n) is 3.00. The van der Waals surface area contributed by atoms with Gasteiger partial charge in [-0.3, -0.25) is 10.1 Å². The minimum Gasteiger partial charge on any atom is -0.480 e. The predicted octanol–water partition coefficient (Wildman–Crippen LogP) is 1.95. The summed E-state index contributed by atoms with van der Waals surface area (Å²) in [7, 11) is 0. The molecule has 0 radical (unpaired) electrons. The topological polar surface area (TPSA) is 67.8 Å². The molecule has 2 aliphatic carbocycles. The molecule has 2 aliphatic rings. The van der Waals surface area contributed by atoms with Crippen LogP contribution >= 0.6 is 0 Å². The molecule has 20 heavy (non-hydrogen) atoms. The van der Waals surface area contributed by atoms with E-state index in [0.717, 1.165) is 25.7 Å². The molecule has 3 unspecified atom stereocenters. The first kappa shape index (κ1) is 15.7. The van der Waals surface area contributed by atoms with Crippen LogP contribution in [0.1, 0.15) is 52.4 Å². The molecule has 5 nitrogen and oxygen atoms in total. The molecule has 2 saturated carbocycles. The van der Waals surface area contributed by atoms with Gasteiger partial charge < -0.3 is 14.6 Å². The Morgan fingerprint density at radius 3 is 2.80 bits per heavy atom. The van der Waals surface area contributed by atoms with Crippen LogP contribution < -0.4 is 5.32 Å². The summed E-state index contributed by atoms with van der Waals surface area (Å²) >= 11 is 0. The minimum atomic E-state index is -0.782. The molecule has 0 saturated heterocycles. The van der Waals surface area contributed by atoms with Crippen molar-refractivity contribution >= 4 is 5.97 Å². The van der Waals surface area contributed by atoms with Gasteiger partial charge >= 0.3 is 5.97 Å². The third-order valence-electron chi connectivity index (χ3n) is 4.15. The smallest absolute Gasteiger partial charge is 0.324 e. The summed E-state index contributed by atoms with van der Waals surface area (Å²) in [6.45, 7) is 5.20. The number of carboxylic acid groups (broad SMARTS) is 1. The highest BCUT2D eigenvalue weighted by atomic mass is 16.5. The molecule has 0 heterocycles. The highest BCUT2D eigenvalue weighted by Gasteiger charge is 2.46. The molecule has 0 aromatic carbocycles. The van der Waals surface area contributed by atoms with Crippen molar-refractivity contribution in [3.8, 4) is 0 Å². The summed E-state index contributed by atoms with van der Waals surface area (Å²) in [6, 6.07) is 0.394. The van der Waals surface area contributed by atoms with Gasteiger partial charge in [0.15, 0.2) is 0 Å². The lowest BCUT2D eigenvalue weighted by Crippen LogP contribution is -2.57. The zero-order valence-electron chi connectivity index (χ0n) is 12.6. The lowest BCUT2D eigenvalue weighted by atomic mass is 9.80. The Bertz CT molecular complexity index is 332. The summed E-state index contributed by atoms with van der Waals surface area (Å²) < 4.78 is 11.3. The van der Waals surface area contributed by atoms with E-state index < -0.39 is 11.5 Å². The van der Waals surface area contributed by atoms with Crippen LogP contribution in [0.25, 0.3) is 0 Å². The van der Waals surface area contributed by atoms with Crippen LogP contribution in [0.3, 0.4) is 0 Å². The Kier molecular flexibility index (Phi) is 5.41. The molecule has 2 N–H and O–H groups in total. The van der Waals surface area contributed by atoms with Crippen LogP contribution in [0.2, 0.25) is 0 Å². The molecule has 0 aliphatic heterocycles. The van der Waals surface area contributed by atoms with Gasteiger partial charge in [0.05, 0.1) is 18.8 Å². The molecule has 5 heteroatoms. The van der Waals surface area contributed by atoms with E-state index in [1.165, 1.54) is 0 Å². The molecule has 2 rings (SSSR count). The van der Waals surface area contributed by atoms with Crippen molar-refractivity contribution < 1.29 is 19.4 Å². The molecule has 0 aromatic rings. The van der Waals surface area contributed by atoms with Gasteiger partial charge in [-0.2, -0.15) is 0 Å². The Labute approximate surface area is 121 Å². The van der Waals surface area contributed by atoms with Crippen molar-refractivity contribution in [3.05, 3.63) is 0 Å². The highest BCUT2D eigenvalue weighted by Crippen LogP contribution is 2.34. The van der Waals surface area contributed by atoms with E-state index in [1.54, 1.807) is 0 Å². The number of hydrogen-bond acceptors (Lipinski definition) is 4. The second kappa shape index (κ2) is 6.87. The van der Waals surface area contributed by atoms with Crippen LogP contribution in [0, 0.1) is 0 Å². The number of ether oxygens (including phenoxy) is 2. The Morgan fingerprint density at radius 2 is 2.20 bits per heavy atom.